The Labute approximate surface area is 173 Å². The van der Waals surface area contributed by atoms with Gasteiger partial charge in [-0.15, -0.1) is 0 Å². The first-order valence-corrected chi connectivity index (χ1v) is 10.1. The van der Waals surface area contributed by atoms with Gasteiger partial charge >= 0.3 is 6.18 Å². The molecular formula is C21H15F3N4OS. The minimum absolute atomic E-state index is 0.0562. The van der Waals surface area contributed by atoms with Gasteiger partial charge in [-0.25, -0.2) is 4.98 Å². The number of carbonyl (C=O) groups is 1. The van der Waals surface area contributed by atoms with E-state index < -0.39 is 17.7 Å². The number of aryl methyl sites for hydroxylation is 1. The van der Waals surface area contributed by atoms with E-state index >= 15 is 0 Å². The number of nitrogens with one attached hydrogen (secondary N) is 1. The molecule has 9 heteroatoms. The summed E-state index contributed by atoms with van der Waals surface area (Å²) in [5, 5.41) is 8.00. The highest BCUT2D eigenvalue weighted by Gasteiger charge is 2.35. The van der Waals surface area contributed by atoms with Crippen molar-refractivity contribution in [1.82, 2.24) is 14.8 Å². The number of amides is 1. The Bertz CT molecular complexity index is 1260. The maximum absolute atomic E-state index is 13.2. The summed E-state index contributed by atoms with van der Waals surface area (Å²) in [5.74, 6) is -0.323. The van der Waals surface area contributed by atoms with Crippen molar-refractivity contribution < 1.29 is 18.0 Å². The molecule has 1 aliphatic rings. The summed E-state index contributed by atoms with van der Waals surface area (Å²) < 4.78 is 42.2. The molecule has 3 heterocycles. The first kappa shape index (κ1) is 18.8. The average Bonchev–Trinajstić information content (AvgIpc) is 3.28. The van der Waals surface area contributed by atoms with E-state index in [-0.39, 0.29) is 12.3 Å². The second-order valence-electron chi connectivity index (χ2n) is 7.15. The fourth-order valence-electron chi connectivity index (χ4n) is 3.85. The number of alkyl halides is 3. The number of para-hydroxylation sites is 1. The van der Waals surface area contributed by atoms with Crippen molar-refractivity contribution in [3.05, 3.63) is 70.9 Å². The van der Waals surface area contributed by atoms with Crippen LogP contribution in [0.1, 0.15) is 34.7 Å². The molecule has 5 nitrogen and oxygen atoms in total. The highest BCUT2D eigenvalue weighted by atomic mass is 32.1. The van der Waals surface area contributed by atoms with Crippen LogP contribution in [0.5, 0.6) is 0 Å². The van der Waals surface area contributed by atoms with Crippen molar-refractivity contribution >= 4 is 33.3 Å². The van der Waals surface area contributed by atoms with Crippen LogP contribution in [-0.4, -0.2) is 20.7 Å². The van der Waals surface area contributed by atoms with Crippen LogP contribution in [0.3, 0.4) is 0 Å². The summed E-state index contributed by atoms with van der Waals surface area (Å²) in [6.45, 7) is 1.79. The van der Waals surface area contributed by atoms with E-state index in [2.05, 4.69) is 15.4 Å². The molecule has 0 bridgehead atoms. The number of thiazole rings is 1. The average molecular weight is 428 g/mol. The van der Waals surface area contributed by atoms with Gasteiger partial charge in [0.2, 0.25) is 11.0 Å². The molecule has 1 amide bonds. The van der Waals surface area contributed by atoms with Crippen molar-refractivity contribution in [3.8, 4) is 5.13 Å². The smallest absolute Gasteiger partial charge is 0.310 e. The Kier molecular flexibility index (Phi) is 4.18. The summed E-state index contributed by atoms with van der Waals surface area (Å²) in [7, 11) is 0. The highest BCUT2D eigenvalue weighted by Crippen LogP contribution is 2.42. The number of nitrogens with zero attached hydrogens (tertiary/aromatic N) is 3. The zero-order valence-electron chi connectivity index (χ0n) is 15.7. The molecule has 0 fully saturated rings. The molecule has 0 radical (unpaired) electrons. The second kappa shape index (κ2) is 6.66. The zero-order chi connectivity index (χ0) is 21.0. The third-order valence-electron chi connectivity index (χ3n) is 5.18. The molecular weight excluding hydrogens is 413 g/mol. The van der Waals surface area contributed by atoms with E-state index in [1.54, 1.807) is 17.7 Å². The minimum atomic E-state index is -4.45. The number of fused-ring (bicyclic) bond motifs is 2. The van der Waals surface area contributed by atoms with Crippen molar-refractivity contribution in [2.45, 2.75) is 25.4 Å². The lowest BCUT2D eigenvalue weighted by molar-refractivity contribution is -0.137. The number of anilines is 1. The fourth-order valence-corrected chi connectivity index (χ4v) is 4.78. The van der Waals surface area contributed by atoms with E-state index in [4.69, 9.17) is 0 Å². The van der Waals surface area contributed by atoms with Crippen molar-refractivity contribution in [1.29, 1.82) is 0 Å². The summed E-state index contributed by atoms with van der Waals surface area (Å²) >= 11 is 1.43. The van der Waals surface area contributed by atoms with Gasteiger partial charge in [-0.05, 0) is 30.7 Å². The van der Waals surface area contributed by atoms with E-state index in [0.717, 1.165) is 22.3 Å². The van der Waals surface area contributed by atoms with Crippen LogP contribution in [0.25, 0.3) is 15.3 Å². The molecule has 0 saturated heterocycles. The van der Waals surface area contributed by atoms with Crippen LogP contribution in [0.15, 0.2) is 48.5 Å². The van der Waals surface area contributed by atoms with Crippen molar-refractivity contribution in [2.75, 3.05) is 5.32 Å². The van der Waals surface area contributed by atoms with E-state index in [1.807, 2.05) is 24.3 Å². The van der Waals surface area contributed by atoms with Gasteiger partial charge in [0.25, 0.3) is 0 Å². The Morgan fingerprint density at radius 2 is 1.97 bits per heavy atom. The minimum Gasteiger partial charge on any atom is -0.310 e. The topological polar surface area (TPSA) is 59.8 Å². The Morgan fingerprint density at radius 3 is 2.73 bits per heavy atom. The predicted octanol–water partition coefficient (Wildman–Crippen LogP) is 5.28. The molecule has 0 spiro atoms. The molecule has 5 rings (SSSR count). The van der Waals surface area contributed by atoms with Gasteiger partial charge in [-0.2, -0.15) is 23.0 Å². The van der Waals surface area contributed by atoms with Gasteiger partial charge in [0.15, 0.2) is 0 Å². The number of aromatic nitrogens is 3. The number of benzene rings is 2. The van der Waals surface area contributed by atoms with Gasteiger partial charge in [0.1, 0.15) is 5.82 Å². The highest BCUT2D eigenvalue weighted by molar-refractivity contribution is 7.20. The van der Waals surface area contributed by atoms with Crippen LogP contribution in [0.2, 0.25) is 0 Å². The number of carbonyl (C=O) groups excluding carboxylic acids is 1. The van der Waals surface area contributed by atoms with Crippen molar-refractivity contribution in [2.24, 2.45) is 0 Å². The number of hydrogen-bond acceptors (Lipinski definition) is 4. The first-order chi connectivity index (χ1) is 14.3. The van der Waals surface area contributed by atoms with Crippen molar-refractivity contribution in [3.63, 3.8) is 0 Å². The summed E-state index contributed by atoms with van der Waals surface area (Å²) in [6.07, 6.45) is -4.39. The fraction of sp³-hybridized carbons (Fsp3) is 0.190. The number of rotatable bonds is 2. The van der Waals surface area contributed by atoms with Crippen LogP contribution in [0.4, 0.5) is 19.0 Å². The molecule has 30 heavy (non-hydrogen) atoms. The summed E-state index contributed by atoms with van der Waals surface area (Å²) in [6, 6.07) is 12.8. The van der Waals surface area contributed by atoms with Crippen LogP contribution in [0, 0.1) is 6.92 Å². The van der Waals surface area contributed by atoms with E-state index in [0.29, 0.717) is 27.8 Å². The SMILES string of the molecule is Cc1nn(-c2nc3ccccc3s2)c2c1[C@H](c1cccc(C(F)(F)F)c1)CC(=O)N2. The molecule has 0 saturated carbocycles. The Hall–Kier alpha value is -3.20. The molecule has 0 unspecified atom stereocenters. The second-order valence-corrected chi connectivity index (χ2v) is 8.16. The van der Waals surface area contributed by atoms with Gasteiger partial charge < -0.3 is 5.32 Å². The lowest BCUT2D eigenvalue weighted by Gasteiger charge is -2.24. The summed E-state index contributed by atoms with van der Waals surface area (Å²) in [4.78, 5) is 17.1. The quantitative estimate of drug-likeness (QED) is 0.472. The zero-order valence-corrected chi connectivity index (χ0v) is 16.5. The van der Waals surface area contributed by atoms with Crippen LogP contribution in [-0.2, 0) is 11.0 Å². The number of hydrogen-bond donors (Lipinski definition) is 1. The standard InChI is InChI=1S/C21H15F3N4OS/c1-11-18-14(12-5-4-6-13(9-12)21(22,23)24)10-17(29)26-19(18)28(27-11)20-25-15-7-2-3-8-16(15)30-20/h2-9,14H,10H2,1H3,(H,26,29)/t14-/m0/s1. The molecule has 2 aromatic heterocycles. The molecule has 1 aliphatic heterocycles. The molecule has 2 aromatic carbocycles. The molecule has 0 aliphatic carbocycles. The summed E-state index contributed by atoms with van der Waals surface area (Å²) in [5.41, 5.74) is 1.88. The molecule has 1 atom stereocenters. The predicted molar refractivity (Wildman–Crippen MR) is 108 cm³/mol. The maximum Gasteiger partial charge on any atom is 0.416 e. The third-order valence-corrected chi connectivity index (χ3v) is 6.19. The molecule has 152 valence electrons. The maximum atomic E-state index is 13.2. The lowest BCUT2D eigenvalue weighted by atomic mass is 9.85. The van der Waals surface area contributed by atoms with Gasteiger partial charge in [0.05, 0.1) is 21.5 Å². The largest absolute Gasteiger partial charge is 0.416 e. The van der Waals surface area contributed by atoms with Crippen LogP contribution >= 0.6 is 11.3 Å². The molecule has 1 N–H and O–H groups in total. The Morgan fingerprint density at radius 1 is 1.17 bits per heavy atom. The van der Waals surface area contributed by atoms with Gasteiger partial charge in [0, 0.05) is 17.9 Å². The van der Waals surface area contributed by atoms with E-state index in [1.165, 1.54) is 17.4 Å². The monoisotopic (exact) mass is 428 g/mol. The van der Waals surface area contributed by atoms with Gasteiger partial charge in [-0.1, -0.05) is 41.7 Å². The lowest BCUT2D eigenvalue weighted by Crippen LogP contribution is -2.25. The van der Waals surface area contributed by atoms with Gasteiger partial charge in [-0.3, -0.25) is 4.79 Å². The van der Waals surface area contributed by atoms with Crippen LogP contribution < -0.4 is 5.32 Å². The van der Waals surface area contributed by atoms with E-state index in [9.17, 15) is 18.0 Å². The first-order valence-electron chi connectivity index (χ1n) is 9.24. The Balaban J connectivity index is 1.65. The third kappa shape index (κ3) is 3.06. The molecule has 4 aromatic rings. The normalized spacial score (nSPS) is 16.5. The number of halogens is 3.